The van der Waals surface area contributed by atoms with Crippen molar-refractivity contribution >= 4 is 5.91 Å². The molecule has 2 saturated heterocycles. The number of amides is 1. The van der Waals surface area contributed by atoms with Crippen LogP contribution in [0.15, 0.2) is 41.6 Å². The van der Waals surface area contributed by atoms with Gasteiger partial charge in [0.05, 0.1) is 23.6 Å². The van der Waals surface area contributed by atoms with Crippen molar-refractivity contribution in [1.82, 2.24) is 14.9 Å². The van der Waals surface area contributed by atoms with Gasteiger partial charge in [0.15, 0.2) is 0 Å². The van der Waals surface area contributed by atoms with Crippen LogP contribution in [0.5, 0.6) is 0 Å². The molecule has 0 N–H and O–H groups in total. The molecule has 22 heavy (non-hydrogen) atoms. The number of ether oxygens (including phenoxy) is 1. The first-order valence-corrected chi connectivity index (χ1v) is 7.54. The zero-order chi connectivity index (χ0) is 14.9. The lowest BCUT2D eigenvalue weighted by atomic mass is 9.91. The molecule has 2 aromatic heterocycles. The number of nitrogens with zero attached hydrogens (tertiary/aromatic N) is 3. The van der Waals surface area contributed by atoms with Gasteiger partial charge in [0.1, 0.15) is 18.7 Å². The number of piperidine rings is 1. The van der Waals surface area contributed by atoms with Gasteiger partial charge in [-0.3, -0.25) is 4.79 Å². The Morgan fingerprint density at radius 1 is 1.36 bits per heavy atom. The average molecular weight is 299 g/mol. The van der Waals surface area contributed by atoms with Crippen LogP contribution in [0.25, 0.3) is 0 Å². The van der Waals surface area contributed by atoms with Gasteiger partial charge in [0.25, 0.3) is 5.91 Å². The lowest BCUT2D eigenvalue weighted by Crippen LogP contribution is -2.45. The van der Waals surface area contributed by atoms with E-state index >= 15 is 0 Å². The Balaban J connectivity index is 1.45. The smallest absolute Gasteiger partial charge is 0.257 e. The second-order valence-corrected chi connectivity index (χ2v) is 5.85. The Bertz CT molecular complexity index is 644. The van der Waals surface area contributed by atoms with E-state index in [0.29, 0.717) is 18.0 Å². The van der Waals surface area contributed by atoms with E-state index in [1.807, 2.05) is 11.0 Å². The maximum atomic E-state index is 12.4. The minimum absolute atomic E-state index is 0.0151. The van der Waals surface area contributed by atoms with Crippen molar-refractivity contribution in [3.05, 3.63) is 48.4 Å². The summed E-state index contributed by atoms with van der Waals surface area (Å²) < 4.78 is 11.1. The van der Waals surface area contributed by atoms with Crippen LogP contribution in [0.4, 0.5) is 0 Å². The van der Waals surface area contributed by atoms with Gasteiger partial charge < -0.3 is 14.1 Å². The summed E-state index contributed by atoms with van der Waals surface area (Å²) in [6, 6.07) is 3.60. The van der Waals surface area contributed by atoms with Crippen LogP contribution in [-0.2, 0) is 4.74 Å². The van der Waals surface area contributed by atoms with Crippen LogP contribution in [0, 0.1) is 5.92 Å². The molecular formula is C16H17N3O3. The van der Waals surface area contributed by atoms with Gasteiger partial charge in [-0.15, -0.1) is 0 Å². The van der Waals surface area contributed by atoms with Crippen molar-refractivity contribution in [1.29, 1.82) is 0 Å². The molecule has 2 fully saturated rings. The molecule has 114 valence electrons. The summed E-state index contributed by atoms with van der Waals surface area (Å²) >= 11 is 0. The van der Waals surface area contributed by atoms with Crippen LogP contribution in [-0.4, -0.2) is 40.0 Å². The highest BCUT2D eigenvalue weighted by Crippen LogP contribution is 2.40. The van der Waals surface area contributed by atoms with Crippen LogP contribution < -0.4 is 0 Å². The predicted octanol–water partition coefficient (Wildman–Crippen LogP) is 2.06. The van der Waals surface area contributed by atoms with Crippen LogP contribution in [0.3, 0.4) is 0 Å². The summed E-state index contributed by atoms with van der Waals surface area (Å²) in [5.41, 5.74) is 1.53. The van der Waals surface area contributed by atoms with E-state index in [1.54, 1.807) is 18.6 Å². The molecule has 0 aliphatic carbocycles. The van der Waals surface area contributed by atoms with Crippen molar-refractivity contribution in [3.8, 4) is 0 Å². The van der Waals surface area contributed by atoms with Gasteiger partial charge >= 0.3 is 0 Å². The molecule has 0 spiro atoms. The first kappa shape index (κ1) is 13.5. The lowest BCUT2D eigenvalue weighted by Gasteiger charge is -2.33. The molecule has 2 aromatic rings. The van der Waals surface area contributed by atoms with Gasteiger partial charge in [0.2, 0.25) is 0 Å². The quantitative estimate of drug-likeness (QED) is 0.849. The fraction of sp³-hybridized carbons (Fsp3) is 0.438. The largest absolute Gasteiger partial charge is 0.472 e. The summed E-state index contributed by atoms with van der Waals surface area (Å²) in [6.45, 7) is 1.40. The molecule has 2 aliphatic heterocycles. The summed E-state index contributed by atoms with van der Waals surface area (Å²) in [5.74, 6) is 0.509. The van der Waals surface area contributed by atoms with E-state index in [2.05, 4.69) is 9.97 Å². The Labute approximate surface area is 128 Å². The third kappa shape index (κ3) is 2.39. The Morgan fingerprint density at radius 3 is 3.09 bits per heavy atom. The molecule has 6 nitrogen and oxygen atoms in total. The van der Waals surface area contributed by atoms with Crippen LogP contribution in [0.1, 0.15) is 35.0 Å². The van der Waals surface area contributed by atoms with E-state index in [-0.39, 0.29) is 18.1 Å². The third-order valence-corrected chi connectivity index (χ3v) is 4.54. The van der Waals surface area contributed by atoms with Gasteiger partial charge in [-0.1, -0.05) is 0 Å². The number of aromatic nitrogens is 2. The summed E-state index contributed by atoms with van der Waals surface area (Å²) in [7, 11) is 0. The lowest BCUT2D eigenvalue weighted by molar-refractivity contribution is -0.00566. The van der Waals surface area contributed by atoms with Crippen molar-refractivity contribution in [3.63, 3.8) is 0 Å². The van der Waals surface area contributed by atoms with Gasteiger partial charge in [0, 0.05) is 19.3 Å². The van der Waals surface area contributed by atoms with Crippen molar-refractivity contribution in [2.24, 2.45) is 5.92 Å². The number of furan rings is 1. The number of carbonyl (C=O) groups is 1. The van der Waals surface area contributed by atoms with Crippen molar-refractivity contribution < 1.29 is 13.9 Å². The molecule has 0 aromatic carbocycles. The highest BCUT2D eigenvalue weighted by molar-refractivity contribution is 5.93. The van der Waals surface area contributed by atoms with Crippen molar-refractivity contribution in [2.45, 2.75) is 25.0 Å². The van der Waals surface area contributed by atoms with E-state index in [1.165, 1.54) is 12.5 Å². The molecule has 6 heteroatoms. The van der Waals surface area contributed by atoms with Crippen LogP contribution >= 0.6 is 0 Å². The van der Waals surface area contributed by atoms with Gasteiger partial charge in [-0.2, -0.15) is 0 Å². The number of hydrogen-bond donors (Lipinski definition) is 0. The second-order valence-electron chi connectivity index (χ2n) is 5.85. The van der Waals surface area contributed by atoms with E-state index in [9.17, 15) is 4.79 Å². The maximum Gasteiger partial charge on any atom is 0.257 e. The molecule has 0 unspecified atom stereocenters. The first-order valence-electron chi connectivity index (χ1n) is 7.54. The molecule has 0 saturated carbocycles. The molecule has 0 radical (unpaired) electrons. The standard InChI is InChI=1S/C16H17N3O3/c20-16(12-3-6-21-9-12)19-5-2-11-7-14(22-15(11)8-19)13-1-4-17-10-18-13/h1,3-4,6,9-11,14-15H,2,5,7-8H2/t11-,14+,15+/m1/s1. The third-order valence-electron chi connectivity index (χ3n) is 4.54. The zero-order valence-corrected chi connectivity index (χ0v) is 12.1. The molecule has 0 bridgehead atoms. The zero-order valence-electron chi connectivity index (χ0n) is 12.1. The number of rotatable bonds is 2. The second kappa shape index (κ2) is 5.53. The minimum atomic E-state index is 0.0151. The monoisotopic (exact) mass is 299 g/mol. The predicted molar refractivity (Wildman–Crippen MR) is 77.0 cm³/mol. The summed E-state index contributed by atoms with van der Waals surface area (Å²) in [5, 5.41) is 0. The number of hydrogen-bond acceptors (Lipinski definition) is 5. The maximum absolute atomic E-state index is 12.4. The van der Waals surface area contributed by atoms with Gasteiger partial charge in [-0.05, 0) is 30.9 Å². The topological polar surface area (TPSA) is 68.5 Å². The molecule has 4 heterocycles. The molecule has 1 amide bonds. The SMILES string of the molecule is O=C(c1ccoc1)N1CC[C@@H]2C[C@@H](c3ccncn3)O[C@H]2C1. The minimum Gasteiger partial charge on any atom is -0.472 e. The molecule has 3 atom stereocenters. The number of likely N-dealkylation sites (tertiary alicyclic amines) is 1. The summed E-state index contributed by atoms with van der Waals surface area (Å²) in [6.07, 6.45) is 8.35. The van der Waals surface area contributed by atoms with Crippen molar-refractivity contribution in [2.75, 3.05) is 13.1 Å². The fourth-order valence-corrected chi connectivity index (χ4v) is 3.37. The fourth-order valence-electron chi connectivity index (χ4n) is 3.37. The molecule has 2 aliphatic rings. The molecule has 4 rings (SSSR count). The Morgan fingerprint density at radius 2 is 2.32 bits per heavy atom. The number of carbonyl (C=O) groups excluding carboxylic acids is 1. The highest BCUT2D eigenvalue weighted by atomic mass is 16.5. The van der Waals surface area contributed by atoms with Crippen LogP contribution in [0.2, 0.25) is 0 Å². The number of fused-ring (bicyclic) bond motifs is 1. The van der Waals surface area contributed by atoms with Gasteiger partial charge in [-0.25, -0.2) is 9.97 Å². The Kier molecular flexibility index (Phi) is 3.38. The highest BCUT2D eigenvalue weighted by Gasteiger charge is 2.41. The summed E-state index contributed by atoms with van der Waals surface area (Å²) in [4.78, 5) is 22.5. The van der Waals surface area contributed by atoms with E-state index < -0.39 is 0 Å². The average Bonchev–Trinajstić information content (AvgIpc) is 3.23. The van der Waals surface area contributed by atoms with E-state index in [4.69, 9.17) is 9.15 Å². The Hall–Kier alpha value is -2.21. The normalized spacial score (nSPS) is 27.6. The van der Waals surface area contributed by atoms with E-state index in [0.717, 1.165) is 25.1 Å². The molecular weight excluding hydrogens is 282 g/mol. The first-order chi connectivity index (χ1) is 10.8.